The summed E-state index contributed by atoms with van der Waals surface area (Å²) in [6.45, 7) is 0.646. The molecule has 0 bridgehead atoms. The Morgan fingerprint density at radius 3 is 2.57 bits per heavy atom. The molecule has 1 aliphatic rings. The third-order valence-corrected chi connectivity index (χ3v) is 4.91. The van der Waals surface area contributed by atoms with Crippen molar-refractivity contribution in [2.75, 3.05) is 19.6 Å². The molecule has 1 aromatic rings. The molecule has 1 heterocycles. The summed E-state index contributed by atoms with van der Waals surface area (Å²) in [4.78, 5) is 23.0. The summed E-state index contributed by atoms with van der Waals surface area (Å²) < 4.78 is 26.3. The summed E-state index contributed by atoms with van der Waals surface area (Å²) >= 11 is 5.71. The largest absolute Gasteiger partial charge is 0.354 e. The number of hydrogen-bond acceptors (Lipinski definition) is 4. The minimum Gasteiger partial charge on any atom is -0.354 e. The van der Waals surface area contributed by atoms with E-state index in [-0.39, 0.29) is 23.9 Å². The molecule has 23 heavy (non-hydrogen) atoms. The Balaban J connectivity index is 1.73. The Hall–Kier alpha value is -1.84. The molecule has 1 aliphatic heterocycles. The van der Waals surface area contributed by atoms with Crippen LogP contribution in [0.5, 0.6) is 0 Å². The zero-order valence-electron chi connectivity index (χ0n) is 12.1. The summed E-state index contributed by atoms with van der Waals surface area (Å²) in [7, 11) is -3.65. The van der Waals surface area contributed by atoms with Crippen LogP contribution >= 0.6 is 11.6 Å². The van der Waals surface area contributed by atoms with Gasteiger partial charge in [-0.2, -0.15) is 0 Å². The van der Waals surface area contributed by atoms with Crippen LogP contribution in [0.3, 0.4) is 0 Å². The second kappa shape index (κ2) is 7.62. The highest BCUT2D eigenvalue weighted by atomic mass is 35.5. The number of urea groups is 1. The van der Waals surface area contributed by atoms with E-state index in [0.717, 1.165) is 0 Å². The van der Waals surface area contributed by atoms with Crippen LogP contribution in [0.25, 0.3) is 0 Å². The molecule has 0 radical (unpaired) electrons. The SMILES string of the molecule is O=C(NCCNS(=O)(=O)c1ccc(Cl)cc1)NC1CCNC1=O. The molecule has 8 nitrogen and oxygen atoms in total. The van der Waals surface area contributed by atoms with E-state index in [2.05, 4.69) is 20.7 Å². The maximum atomic E-state index is 12.0. The summed E-state index contributed by atoms with van der Waals surface area (Å²) in [6.07, 6.45) is 0.537. The Kier molecular flexibility index (Phi) is 5.80. The highest BCUT2D eigenvalue weighted by Crippen LogP contribution is 2.13. The average molecular weight is 361 g/mol. The number of rotatable bonds is 6. The van der Waals surface area contributed by atoms with Gasteiger partial charge >= 0.3 is 6.03 Å². The standard InChI is InChI=1S/C13H17ClN4O4S/c14-9-1-3-10(4-2-9)23(21,22)17-8-7-16-13(20)18-11-5-6-15-12(11)19/h1-4,11,17H,5-8H2,(H,15,19)(H2,16,18,20). The Bertz CT molecular complexity index is 678. The lowest BCUT2D eigenvalue weighted by atomic mass is 10.2. The first-order valence-electron chi connectivity index (χ1n) is 6.96. The van der Waals surface area contributed by atoms with Gasteiger partial charge in [0.2, 0.25) is 15.9 Å². The van der Waals surface area contributed by atoms with E-state index >= 15 is 0 Å². The lowest BCUT2D eigenvalue weighted by Crippen LogP contribution is -2.47. The van der Waals surface area contributed by atoms with Gasteiger partial charge in [-0.05, 0) is 30.7 Å². The van der Waals surface area contributed by atoms with Crippen LogP contribution in [0.15, 0.2) is 29.2 Å². The molecule has 0 aromatic heterocycles. The Morgan fingerprint density at radius 2 is 1.96 bits per heavy atom. The molecule has 0 spiro atoms. The van der Waals surface area contributed by atoms with Crippen molar-refractivity contribution in [3.05, 3.63) is 29.3 Å². The van der Waals surface area contributed by atoms with Crippen molar-refractivity contribution in [2.24, 2.45) is 0 Å². The van der Waals surface area contributed by atoms with E-state index in [0.29, 0.717) is 18.0 Å². The van der Waals surface area contributed by atoms with Gasteiger partial charge in [-0.3, -0.25) is 4.79 Å². The van der Waals surface area contributed by atoms with Gasteiger partial charge < -0.3 is 16.0 Å². The Morgan fingerprint density at radius 1 is 1.26 bits per heavy atom. The first-order chi connectivity index (χ1) is 10.9. The lowest BCUT2D eigenvalue weighted by molar-refractivity contribution is -0.120. The van der Waals surface area contributed by atoms with Crippen molar-refractivity contribution in [1.82, 2.24) is 20.7 Å². The van der Waals surface area contributed by atoms with Crippen LogP contribution in [0.4, 0.5) is 4.79 Å². The number of nitrogens with one attached hydrogen (secondary N) is 4. The van der Waals surface area contributed by atoms with Crippen molar-refractivity contribution < 1.29 is 18.0 Å². The topological polar surface area (TPSA) is 116 Å². The van der Waals surface area contributed by atoms with Crippen molar-refractivity contribution in [3.8, 4) is 0 Å². The summed E-state index contributed by atoms with van der Waals surface area (Å²) in [5, 5.41) is 8.04. The van der Waals surface area contributed by atoms with Crippen molar-refractivity contribution >= 4 is 33.6 Å². The monoisotopic (exact) mass is 360 g/mol. The molecule has 126 valence electrons. The summed E-state index contributed by atoms with van der Waals surface area (Å²) in [5.41, 5.74) is 0. The molecule has 1 aromatic carbocycles. The predicted octanol–water partition coefficient (Wildman–Crippen LogP) is -0.194. The highest BCUT2D eigenvalue weighted by molar-refractivity contribution is 7.89. The smallest absolute Gasteiger partial charge is 0.315 e. The fourth-order valence-corrected chi connectivity index (χ4v) is 3.16. The van der Waals surface area contributed by atoms with E-state index in [9.17, 15) is 18.0 Å². The number of sulfonamides is 1. The maximum absolute atomic E-state index is 12.0. The molecule has 1 unspecified atom stereocenters. The van der Waals surface area contributed by atoms with E-state index in [1.165, 1.54) is 24.3 Å². The van der Waals surface area contributed by atoms with E-state index in [1.807, 2.05) is 0 Å². The highest BCUT2D eigenvalue weighted by Gasteiger charge is 2.25. The number of amides is 3. The van der Waals surface area contributed by atoms with E-state index in [1.54, 1.807) is 0 Å². The van der Waals surface area contributed by atoms with Crippen LogP contribution in [0.2, 0.25) is 5.02 Å². The van der Waals surface area contributed by atoms with E-state index in [4.69, 9.17) is 11.6 Å². The van der Waals surface area contributed by atoms with Crippen molar-refractivity contribution in [1.29, 1.82) is 0 Å². The van der Waals surface area contributed by atoms with Gasteiger partial charge in [0, 0.05) is 24.7 Å². The lowest BCUT2D eigenvalue weighted by Gasteiger charge is -2.12. The Labute approximate surface area is 139 Å². The zero-order chi connectivity index (χ0) is 16.9. The van der Waals surface area contributed by atoms with Gasteiger partial charge in [-0.1, -0.05) is 11.6 Å². The third kappa shape index (κ3) is 5.08. The second-order valence-corrected chi connectivity index (χ2v) is 7.09. The normalized spacial score (nSPS) is 17.6. The third-order valence-electron chi connectivity index (χ3n) is 3.18. The molecular weight excluding hydrogens is 344 g/mol. The van der Waals surface area contributed by atoms with Crippen LogP contribution in [-0.4, -0.2) is 46.0 Å². The van der Waals surface area contributed by atoms with Gasteiger partial charge in [0.05, 0.1) is 4.90 Å². The molecule has 0 aliphatic carbocycles. The first-order valence-corrected chi connectivity index (χ1v) is 8.82. The zero-order valence-corrected chi connectivity index (χ0v) is 13.7. The minimum absolute atomic E-state index is 0.0231. The van der Waals surface area contributed by atoms with Gasteiger partial charge in [0.25, 0.3) is 0 Å². The molecule has 1 atom stereocenters. The predicted molar refractivity (Wildman–Crippen MR) is 84.6 cm³/mol. The van der Waals surface area contributed by atoms with Gasteiger partial charge in [0.15, 0.2) is 0 Å². The van der Waals surface area contributed by atoms with Crippen molar-refractivity contribution in [2.45, 2.75) is 17.4 Å². The summed E-state index contributed by atoms with van der Waals surface area (Å²) in [5.74, 6) is -0.219. The van der Waals surface area contributed by atoms with Gasteiger partial charge in [-0.25, -0.2) is 17.9 Å². The van der Waals surface area contributed by atoms with Crippen molar-refractivity contribution in [3.63, 3.8) is 0 Å². The van der Waals surface area contributed by atoms with Gasteiger partial charge in [-0.15, -0.1) is 0 Å². The number of hydrogen-bond donors (Lipinski definition) is 4. The fraction of sp³-hybridized carbons (Fsp3) is 0.385. The number of benzene rings is 1. The molecule has 3 amide bonds. The van der Waals surface area contributed by atoms with E-state index < -0.39 is 22.1 Å². The quantitative estimate of drug-likeness (QED) is 0.526. The number of carbonyl (C=O) groups excluding carboxylic acids is 2. The van der Waals surface area contributed by atoms with Crippen LogP contribution in [-0.2, 0) is 14.8 Å². The maximum Gasteiger partial charge on any atom is 0.315 e. The average Bonchev–Trinajstić information content (AvgIpc) is 2.89. The molecule has 0 saturated carbocycles. The molecule has 1 saturated heterocycles. The van der Waals surface area contributed by atoms with Crippen LogP contribution < -0.4 is 20.7 Å². The second-order valence-electron chi connectivity index (χ2n) is 4.88. The first kappa shape index (κ1) is 17.5. The minimum atomic E-state index is -3.65. The molecule has 1 fully saturated rings. The molecular formula is C13H17ClN4O4S. The molecule has 2 rings (SSSR count). The summed E-state index contributed by atoms with van der Waals surface area (Å²) in [6, 6.07) is 4.69. The fourth-order valence-electron chi connectivity index (χ4n) is 2.00. The molecule has 10 heteroatoms. The van der Waals surface area contributed by atoms with Crippen LogP contribution in [0, 0.1) is 0 Å². The number of carbonyl (C=O) groups is 2. The van der Waals surface area contributed by atoms with Gasteiger partial charge in [0.1, 0.15) is 6.04 Å². The van der Waals surface area contributed by atoms with Crippen LogP contribution in [0.1, 0.15) is 6.42 Å². The molecule has 4 N–H and O–H groups in total. The number of halogens is 1.